The minimum Gasteiger partial charge on any atom is -0.494 e. The average Bonchev–Trinajstić information content (AvgIpc) is 3.17. The molecule has 1 aliphatic heterocycles. The summed E-state index contributed by atoms with van der Waals surface area (Å²) in [5.41, 5.74) is 5.59. The summed E-state index contributed by atoms with van der Waals surface area (Å²) in [5, 5.41) is 1.94. The van der Waals surface area contributed by atoms with Crippen molar-refractivity contribution in [1.82, 2.24) is 4.90 Å². The van der Waals surface area contributed by atoms with Crippen LogP contribution in [0.1, 0.15) is 23.8 Å². The minimum atomic E-state index is -1.11. The van der Waals surface area contributed by atoms with Gasteiger partial charge in [-0.3, -0.25) is 9.69 Å². The zero-order valence-electron chi connectivity index (χ0n) is 13.2. The van der Waals surface area contributed by atoms with Gasteiger partial charge < -0.3 is 10.5 Å². The first-order chi connectivity index (χ1) is 11.1. The molecule has 0 bridgehead atoms. The van der Waals surface area contributed by atoms with Gasteiger partial charge in [-0.05, 0) is 35.6 Å². The second kappa shape index (κ2) is 6.04. The Labute approximate surface area is 139 Å². The van der Waals surface area contributed by atoms with Gasteiger partial charge in [0.15, 0.2) is 5.96 Å². The summed E-state index contributed by atoms with van der Waals surface area (Å²) in [5.74, 6) is 0.810. The number of carbonyl (C=O) groups is 1. The number of benzene rings is 1. The van der Waals surface area contributed by atoms with Crippen LogP contribution in [0.5, 0.6) is 5.75 Å². The zero-order chi connectivity index (χ0) is 16.4. The summed E-state index contributed by atoms with van der Waals surface area (Å²) >= 11 is 1.49. The Morgan fingerprint density at radius 3 is 2.78 bits per heavy atom. The number of guanidine groups is 1. The summed E-state index contributed by atoms with van der Waals surface area (Å²) in [4.78, 5) is 19.8. The lowest BCUT2D eigenvalue weighted by Crippen LogP contribution is -2.40. The highest BCUT2D eigenvalue weighted by Crippen LogP contribution is 2.42. The van der Waals surface area contributed by atoms with E-state index < -0.39 is 5.54 Å². The molecule has 120 valence electrons. The van der Waals surface area contributed by atoms with Gasteiger partial charge in [0.25, 0.3) is 5.91 Å². The quantitative estimate of drug-likeness (QED) is 0.917. The van der Waals surface area contributed by atoms with E-state index in [4.69, 9.17) is 10.5 Å². The van der Waals surface area contributed by atoms with Crippen LogP contribution < -0.4 is 10.5 Å². The lowest BCUT2D eigenvalue weighted by Gasteiger charge is -2.24. The van der Waals surface area contributed by atoms with Crippen molar-refractivity contribution in [3.8, 4) is 5.75 Å². The second-order valence-corrected chi connectivity index (χ2v) is 6.35. The molecule has 1 unspecified atom stereocenters. The lowest BCUT2D eigenvalue weighted by atomic mass is 9.88. The second-order valence-electron chi connectivity index (χ2n) is 5.40. The van der Waals surface area contributed by atoms with E-state index in [-0.39, 0.29) is 11.9 Å². The van der Waals surface area contributed by atoms with E-state index in [0.29, 0.717) is 6.61 Å². The van der Waals surface area contributed by atoms with Crippen LogP contribution in [-0.4, -0.2) is 30.4 Å². The first-order valence-electron chi connectivity index (χ1n) is 7.50. The van der Waals surface area contributed by atoms with Crippen LogP contribution in [0.25, 0.3) is 0 Å². The lowest BCUT2D eigenvalue weighted by molar-refractivity contribution is -0.129. The van der Waals surface area contributed by atoms with E-state index >= 15 is 0 Å². The largest absolute Gasteiger partial charge is 0.494 e. The number of nitrogens with zero attached hydrogens (tertiary/aromatic N) is 2. The molecule has 0 saturated carbocycles. The summed E-state index contributed by atoms with van der Waals surface area (Å²) in [6, 6.07) is 11.4. The van der Waals surface area contributed by atoms with Crippen molar-refractivity contribution in [2.24, 2.45) is 10.7 Å². The molecule has 2 heterocycles. The van der Waals surface area contributed by atoms with Crippen LogP contribution in [0, 0.1) is 0 Å². The summed E-state index contributed by atoms with van der Waals surface area (Å²) in [7, 11) is 1.65. The van der Waals surface area contributed by atoms with Crippen LogP contribution in [-0.2, 0) is 10.3 Å². The molecule has 0 saturated heterocycles. The number of ether oxygens (including phenoxy) is 1. The monoisotopic (exact) mass is 329 g/mol. The van der Waals surface area contributed by atoms with E-state index in [1.54, 1.807) is 7.05 Å². The van der Waals surface area contributed by atoms with Crippen LogP contribution in [0.4, 0.5) is 0 Å². The molecule has 1 aromatic heterocycles. The topological polar surface area (TPSA) is 67.9 Å². The number of hydrogen-bond donors (Lipinski definition) is 1. The number of likely N-dealkylation sites (N-methyl/N-ethyl adjacent to an activating group) is 1. The van der Waals surface area contributed by atoms with Crippen molar-refractivity contribution >= 4 is 23.2 Å². The SMILES string of the molecule is CCCOc1cccc(C2(c3cccs3)N=C(N)N(C)C2=O)c1. The predicted octanol–water partition coefficient (Wildman–Crippen LogP) is 2.57. The van der Waals surface area contributed by atoms with Crippen molar-refractivity contribution in [2.75, 3.05) is 13.7 Å². The van der Waals surface area contributed by atoms with Crippen molar-refractivity contribution in [2.45, 2.75) is 18.9 Å². The maximum absolute atomic E-state index is 13.0. The summed E-state index contributed by atoms with van der Waals surface area (Å²) in [6.45, 7) is 2.69. The molecule has 3 rings (SSSR count). The predicted molar refractivity (Wildman–Crippen MR) is 91.7 cm³/mol. The van der Waals surface area contributed by atoms with Gasteiger partial charge in [0.1, 0.15) is 5.75 Å². The molecule has 0 fully saturated rings. The number of hydrogen-bond acceptors (Lipinski definition) is 5. The third-order valence-electron chi connectivity index (χ3n) is 3.84. The molecule has 2 aromatic rings. The fraction of sp³-hybridized carbons (Fsp3) is 0.294. The Kier molecular flexibility index (Phi) is 4.09. The fourth-order valence-corrected chi connectivity index (χ4v) is 3.53. The number of rotatable bonds is 5. The maximum atomic E-state index is 13.0. The molecule has 0 aliphatic carbocycles. The van der Waals surface area contributed by atoms with E-state index in [2.05, 4.69) is 11.9 Å². The molecule has 1 aliphatic rings. The van der Waals surface area contributed by atoms with Crippen LogP contribution in [0.15, 0.2) is 46.8 Å². The highest BCUT2D eigenvalue weighted by molar-refractivity contribution is 7.10. The van der Waals surface area contributed by atoms with Gasteiger partial charge in [-0.1, -0.05) is 25.1 Å². The first kappa shape index (κ1) is 15.6. The van der Waals surface area contributed by atoms with Crippen molar-refractivity contribution in [3.63, 3.8) is 0 Å². The smallest absolute Gasteiger partial charge is 0.267 e. The average molecular weight is 329 g/mol. The van der Waals surface area contributed by atoms with Crippen LogP contribution in [0.2, 0.25) is 0 Å². The maximum Gasteiger partial charge on any atom is 0.267 e. The molecule has 2 N–H and O–H groups in total. The molecule has 6 heteroatoms. The summed E-state index contributed by atoms with van der Waals surface area (Å²) < 4.78 is 5.71. The van der Waals surface area contributed by atoms with Gasteiger partial charge in [-0.2, -0.15) is 0 Å². The normalized spacial score (nSPS) is 20.7. The van der Waals surface area contributed by atoms with Crippen molar-refractivity contribution in [3.05, 3.63) is 52.2 Å². The van der Waals surface area contributed by atoms with Crippen molar-refractivity contribution in [1.29, 1.82) is 0 Å². The molecule has 0 radical (unpaired) electrons. The van der Waals surface area contributed by atoms with E-state index in [9.17, 15) is 4.79 Å². The Balaban J connectivity index is 2.13. The van der Waals surface area contributed by atoms with Gasteiger partial charge in [0.05, 0.1) is 6.61 Å². The molecule has 1 atom stereocenters. The van der Waals surface area contributed by atoms with Gasteiger partial charge >= 0.3 is 0 Å². The zero-order valence-corrected chi connectivity index (χ0v) is 14.0. The fourth-order valence-electron chi connectivity index (χ4n) is 2.65. The van der Waals surface area contributed by atoms with E-state index in [1.165, 1.54) is 16.2 Å². The number of thiophene rings is 1. The number of aliphatic imine (C=N–C) groups is 1. The summed E-state index contributed by atoms with van der Waals surface area (Å²) in [6.07, 6.45) is 0.924. The van der Waals surface area contributed by atoms with Crippen LogP contribution in [0.3, 0.4) is 0 Å². The van der Waals surface area contributed by atoms with Gasteiger partial charge in [-0.15, -0.1) is 11.3 Å². The number of nitrogens with two attached hydrogens (primary N) is 1. The molecule has 1 aromatic carbocycles. The number of amides is 1. The third kappa shape index (κ3) is 2.49. The molecule has 23 heavy (non-hydrogen) atoms. The Morgan fingerprint density at radius 1 is 1.35 bits per heavy atom. The number of carbonyl (C=O) groups excluding carboxylic acids is 1. The standard InChI is InChI=1S/C17H19N3O2S/c1-3-9-22-13-7-4-6-12(11-13)17(14-8-5-10-23-14)15(21)20(2)16(18)19-17/h4-8,10-11H,3,9H2,1-2H3,(H2,18,19). The molecule has 1 amide bonds. The molecule has 0 spiro atoms. The van der Waals surface area contributed by atoms with Crippen LogP contribution >= 0.6 is 11.3 Å². The van der Waals surface area contributed by atoms with Gasteiger partial charge in [-0.25, -0.2) is 4.99 Å². The van der Waals surface area contributed by atoms with Gasteiger partial charge in [0.2, 0.25) is 5.54 Å². The third-order valence-corrected chi connectivity index (χ3v) is 4.82. The Morgan fingerprint density at radius 2 is 2.17 bits per heavy atom. The highest BCUT2D eigenvalue weighted by atomic mass is 32.1. The molecular formula is C17H19N3O2S. The van der Waals surface area contributed by atoms with Gasteiger partial charge in [0, 0.05) is 11.9 Å². The van der Waals surface area contributed by atoms with E-state index in [0.717, 1.165) is 22.6 Å². The Bertz CT molecular complexity index is 742. The minimum absolute atomic E-state index is 0.148. The van der Waals surface area contributed by atoms with Crippen molar-refractivity contribution < 1.29 is 9.53 Å². The molecular weight excluding hydrogens is 310 g/mol. The molecule has 5 nitrogen and oxygen atoms in total. The highest BCUT2D eigenvalue weighted by Gasteiger charge is 2.50. The first-order valence-corrected chi connectivity index (χ1v) is 8.38. The van der Waals surface area contributed by atoms with E-state index in [1.807, 2.05) is 41.8 Å². The Hall–Kier alpha value is -2.34.